The van der Waals surface area contributed by atoms with Crippen molar-refractivity contribution in [3.05, 3.63) is 42.5 Å². The van der Waals surface area contributed by atoms with Crippen molar-refractivity contribution in [1.82, 2.24) is 15.1 Å². The topological polar surface area (TPSA) is 79.2 Å². The molecule has 3 N–H and O–H groups in total. The molecule has 0 bridgehead atoms. The van der Waals surface area contributed by atoms with Gasteiger partial charge in [-0.1, -0.05) is 12.1 Å². The van der Waals surface area contributed by atoms with Crippen molar-refractivity contribution in [3.63, 3.8) is 0 Å². The van der Waals surface area contributed by atoms with Gasteiger partial charge in [-0.3, -0.25) is 0 Å². The van der Waals surface area contributed by atoms with E-state index in [9.17, 15) is 14.3 Å². The first-order chi connectivity index (χ1) is 11.0. The van der Waals surface area contributed by atoms with E-state index in [1.54, 1.807) is 18.2 Å². The molecule has 1 saturated carbocycles. The highest BCUT2D eigenvalue weighted by atomic mass is 19.1. The number of hydrogen-bond donors (Lipinski definition) is 3. The molecule has 1 aromatic carbocycles. The van der Waals surface area contributed by atoms with Crippen LogP contribution in [0.1, 0.15) is 19.8 Å². The summed E-state index contributed by atoms with van der Waals surface area (Å²) in [5.41, 5.74) is 0.131. The van der Waals surface area contributed by atoms with E-state index in [1.807, 2.05) is 6.92 Å². The molecule has 0 radical (unpaired) electrons. The highest BCUT2D eigenvalue weighted by Gasteiger charge is 2.42. The molecule has 6 nitrogen and oxygen atoms in total. The van der Waals surface area contributed by atoms with E-state index in [0.717, 1.165) is 12.8 Å². The van der Waals surface area contributed by atoms with Gasteiger partial charge in [0.25, 0.3) is 0 Å². The number of anilines is 1. The van der Waals surface area contributed by atoms with Gasteiger partial charge in [0.05, 0.1) is 30.2 Å². The normalized spacial score (nSPS) is 16.7. The molecule has 1 aliphatic carbocycles. The number of aliphatic hydroxyl groups excluding tert-OH is 1. The SMILES string of the molecule is CC(CO)(NC(=O)Nc1cnn(-c2ccccc2F)c1)C1CC1. The van der Waals surface area contributed by atoms with Gasteiger partial charge >= 0.3 is 6.03 Å². The van der Waals surface area contributed by atoms with Gasteiger partial charge in [0, 0.05) is 0 Å². The lowest BCUT2D eigenvalue weighted by molar-refractivity contribution is 0.159. The second-order valence-corrected chi connectivity index (χ2v) is 6.05. The van der Waals surface area contributed by atoms with Crippen molar-refractivity contribution in [2.24, 2.45) is 5.92 Å². The fourth-order valence-corrected chi connectivity index (χ4v) is 2.57. The first kappa shape index (κ1) is 15.5. The summed E-state index contributed by atoms with van der Waals surface area (Å²) in [5, 5.41) is 19.0. The predicted octanol–water partition coefficient (Wildman–Crippen LogP) is 2.29. The largest absolute Gasteiger partial charge is 0.394 e. The molecule has 122 valence electrons. The Balaban J connectivity index is 1.67. The Hall–Kier alpha value is -2.41. The summed E-state index contributed by atoms with van der Waals surface area (Å²) < 4.78 is 15.1. The van der Waals surface area contributed by atoms with Crippen molar-refractivity contribution >= 4 is 11.7 Å². The van der Waals surface area contributed by atoms with Gasteiger partial charge < -0.3 is 15.7 Å². The van der Waals surface area contributed by atoms with Gasteiger partial charge in [0.15, 0.2) is 0 Å². The number of hydrogen-bond acceptors (Lipinski definition) is 3. The van der Waals surface area contributed by atoms with E-state index in [4.69, 9.17) is 0 Å². The van der Waals surface area contributed by atoms with Gasteiger partial charge in [-0.15, -0.1) is 0 Å². The van der Waals surface area contributed by atoms with Crippen molar-refractivity contribution < 1.29 is 14.3 Å². The number of amides is 2. The molecular formula is C16H19FN4O2. The van der Waals surface area contributed by atoms with Crippen LogP contribution < -0.4 is 10.6 Å². The van der Waals surface area contributed by atoms with Gasteiger partial charge in [-0.25, -0.2) is 13.9 Å². The average Bonchev–Trinajstić information content (AvgIpc) is 3.29. The molecule has 2 amide bonds. The maximum atomic E-state index is 13.7. The first-order valence-electron chi connectivity index (χ1n) is 7.51. The number of urea groups is 1. The second kappa shape index (κ2) is 6.00. The molecule has 2 aromatic rings. The number of rotatable bonds is 5. The third-order valence-electron chi connectivity index (χ3n) is 4.15. The molecule has 1 aromatic heterocycles. The Morgan fingerprint density at radius 2 is 2.22 bits per heavy atom. The molecule has 1 heterocycles. The van der Waals surface area contributed by atoms with Crippen LogP contribution in [0.3, 0.4) is 0 Å². The number of aliphatic hydroxyl groups is 1. The summed E-state index contributed by atoms with van der Waals surface area (Å²) in [6.45, 7) is 1.71. The molecule has 0 saturated heterocycles. The number of nitrogens with one attached hydrogen (secondary N) is 2. The molecule has 3 rings (SSSR count). The standard InChI is InChI=1S/C16H19FN4O2/c1-16(10-22,11-6-7-11)20-15(23)19-12-8-18-21(9-12)14-5-3-2-4-13(14)17/h2-5,8-9,11,22H,6-7,10H2,1H3,(H2,19,20,23). The van der Waals surface area contributed by atoms with Crippen LogP contribution in [-0.4, -0.2) is 33.1 Å². The molecular weight excluding hydrogens is 299 g/mol. The average molecular weight is 318 g/mol. The zero-order chi connectivity index (χ0) is 16.4. The maximum absolute atomic E-state index is 13.7. The highest BCUT2D eigenvalue weighted by Crippen LogP contribution is 2.39. The minimum atomic E-state index is -0.619. The lowest BCUT2D eigenvalue weighted by Crippen LogP contribution is -2.52. The Morgan fingerprint density at radius 3 is 2.87 bits per heavy atom. The number of halogens is 1. The van der Waals surface area contributed by atoms with Crippen LogP contribution >= 0.6 is 0 Å². The number of aromatic nitrogens is 2. The molecule has 1 unspecified atom stereocenters. The van der Waals surface area contributed by atoms with Crippen molar-refractivity contribution in [2.45, 2.75) is 25.3 Å². The Labute approximate surface area is 133 Å². The molecule has 1 atom stereocenters. The van der Waals surface area contributed by atoms with Crippen LogP contribution in [0.5, 0.6) is 0 Å². The van der Waals surface area contributed by atoms with E-state index in [1.165, 1.54) is 23.1 Å². The first-order valence-corrected chi connectivity index (χ1v) is 7.51. The summed E-state index contributed by atoms with van der Waals surface area (Å²) in [5.74, 6) is -0.0902. The zero-order valence-corrected chi connectivity index (χ0v) is 12.8. The number of carbonyl (C=O) groups excluding carboxylic acids is 1. The summed E-state index contributed by atoms with van der Waals surface area (Å²) in [7, 11) is 0. The summed E-state index contributed by atoms with van der Waals surface area (Å²) in [4.78, 5) is 12.1. The number of carbonyl (C=O) groups is 1. The van der Waals surface area contributed by atoms with Crippen LogP contribution in [0, 0.1) is 11.7 Å². The fraction of sp³-hybridized carbons (Fsp3) is 0.375. The monoisotopic (exact) mass is 318 g/mol. The lowest BCUT2D eigenvalue weighted by atomic mass is 9.97. The van der Waals surface area contributed by atoms with E-state index in [0.29, 0.717) is 17.3 Å². The third-order valence-corrected chi connectivity index (χ3v) is 4.15. The lowest BCUT2D eigenvalue weighted by Gasteiger charge is -2.28. The van der Waals surface area contributed by atoms with E-state index >= 15 is 0 Å². The quantitative estimate of drug-likeness (QED) is 0.791. The van der Waals surface area contributed by atoms with E-state index < -0.39 is 17.4 Å². The molecule has 1 aliphatic rings. The van der Waals surface area contributed by atoms with Gasteiger partial charge in [0.1, 0.15) is 11.5 Å². The maximum Gasteiger partial charge on any atom is 0.319 e. The van der Waals surface area contributed by atoms with Crippen LogP contribution in [0.4, 0.5) is 14.9 Å². The molecule has 23 heavy (non-hydrogen) atoms. The number of nitrogens with zero attached hydrogens (tertiary/aromatic N) is 2. The Morgan fingerprint density at radius 1 is 1.48 bits per heavy atom. The highest BCUT2D eigenvalue weighted by molar-refractivity contribution is 5.89. The third kappa shape index (κ3) is 3.34. The minimum Gasteiger partial charge on any atom is -0.394 e. The summed E-state index contributed by atoms with van der Waals surface area (Å²) in [6.07, 6.45) is 4.98. The Kier molecular flexibility index (Phi) is 4.04. The van der Waals surface area contributed by atoms with Crippen molar-refractivity contribution in [2.75, 3.05) is 11.9 Å². The number of benzene rings is 1. The molecule has 0 aliphatic heterocycles. The van der Waals surface area contributed by atoms with Crippen LogP contribution in [0.25, 0.3) is 5.69 Å². The van der Waals surface area contributed by atoms with E-state index in [2.05, 4.69) is 15.7 Å². The summed E-state index contributed by atoms with van der Waals surface area (Å²) in [6, 6.07) is 5.84. The van der Waals surface area contributed by atoms with Gasteiger partial charge in [-0.05, 0) is 37.8 Å². The van der Waals surface area contributed by atoms with Crippen molar-refractivity contribution in [3.8, 4) is 5.69 Å². The van der Waals surface area contributed by atoms with Crippen LogP contribution in [-0.2, 0) is 0 Å². The molecule has 0 spiro atoms. The van der Waals surface area contributed by atoms with Gasteiger partial charge in [-0.2, -0.15) is 5.10 Å². The zero-order valence-electron chi connectivity index (χ0n) is 12.8. The minimum absolute atomic E-state index is 0.112. The molecule has 7 heteroatoms. The second-order valence-electron chi connectivity index (χ2n) is 6.05. The van der Waals surface area contributed by atoms with Crippen molar-refractivity contribution in [1.29, 1.82) is 0 Å². The summed E-state index contributed by atoms with van der Waals surface area (Å²) >= 11 is 0. The predicted molar refractivity (Wildman–Crippen MR) is 83.9 cm³/mol. The van der Waals surface area contributed by atoms with Crippen LogP contribution in [0.15, 0.2) is 36.7 Å². The molecule has 1 fully saturated rings. The fourth-order valence-electron chi connectivity index (χ4n) is 2.57. The Bertz CT molecular complexity index is 714. The van der Waals surface area contributed by atoms with Crippen LogP contribution in [0.2, 0.25) is 0 Å². The smallest absolute Gasteiger partial charge is 0.319 e. The van der Waals surface area contributed by atoms with Gasteiger partial charge in [0.2, 0.25) is 0 Å². The number of para-hydroxylation sites is 1. The van der Waals surface area contributed by atoms with E-state index in [-0.39, 0.29) is 6.61 Å².